The van der Waals surface area contributed by atoms with Crippen LogP contribution >= 0.6 is 0 Å². The minimum Gasteiger partial charge on any atom is -0.324 e. The molecule has 10 heteroatoms. The van der Waals surface area contributed by atoms with Crippen LogP contribution in [-0.2, 0) is 14.6 Å². The molecule has 3 rings (SSSR count). The lowest BCUT2D eigenvalue weighted by Crippen LogP contribution is -2.24. The zero-order chi connectivity index (χ0) is 17.9. The molecule has 0 bridgehead atoms. The number of sulfone groups is 1. The predicted molar refractivity (Wildman–Crippen MR) is 88.4 cm³/mol. The van der Waals surface area contributed by atoms with Gasteiger partial charge in [0, 0.05) is 6.42 Å². The Morgan fingerprint density at radius 1 is 1.32 bits per heavy atom. The molecule has 8 nitrogen and oxygen atoms in total. The van der Waals surface area contributed by atoms with Crippen LogP contribution in [0.5, 0.6) is 0 Å². The molecule has 0 spiro atoms. The maximum absolute atomic E-state index is 13.9. The fourth-order valence-corrected chi connectivity index (χ4v) is 4.75. The molecule has 1 aromatic carbocycles. The lowest BCUT2D eigenvalue weighted by molar-refractivity contribution is -0.115. The largest absolute Gasteiger partial charge is 0.324 e. The Morgan fingerprint density at radius 2 is 2.08 bits per heavy atom. The summed E-state index contributed by atoms with van der Waals surface area (Å²) in [6.45, 7) is 0. The van der Waals surface area contributed by atoms with E-state index in [1.807, 2.05) is 0 Å². The number of aromatic nitrogens is 4. The standard InChI is InChI=1S/C15H18FN5O3S/c16-13-6-5-11(21-10-17-19-20-21)9-14(13)18-15(22)7-8-25(23,24)12-3-1-2-4-12/h5-6,9-10,12H,1-4,7-8H2,(H,18,22). The topological polar surface area (TPSA) is 107 Å². The monoisotopic (exact) mass is 367 g/mol. The summed E-state index contributed by atoms with van der Waals surface area (Å²) in [7, 11) is -3.29. The summed E-state index contributed by atoms with van der Waals surface area (Å²) in [6, 6.07) is 4.03. The summed E-state index contributed by atoms with van der Waals surface area (Å²) in [5, 5.41) is 12.7. The normalized spacial score (nSPS) is 15.4. The molecule has 1 saturated carbocycles. The molecule has 0 atom stereocenters. The molecule has 2 aromatic rings. The molecular formula is C15H18FN5O3S. The van der Waals surface area contributed by atoms with E-state index in [0.717, 1.165) is 12.8 Å². The van der Waals surface area contributed by atoms with E-state index in [2.05, 4.69) is 20.8 Å². The summed E-state index contributed by atoms with van der Waals surface area (Å²) in [5.41, 5.74) is 0.427. The van der Waals surface area contributed by atoms with Crippen molar-refractivity contribution in [2.75, 3.05) is 11.1 Å². The highest BCUT2D eigenvalue weighted by Gasteiger charge is 2.28. The van der Waals surface area contributed by atoms with Crippen molar-refractivity contribution in [1.82, 2.24) is 20.2 Å². The summed E-state index contributed by atoms with van der Waals surface area (Å²) >= 11 is 0. The number of tetrazole rings is 1. The zero-order valence-corrected chi connectivity index (χ0v) is 14.2. The van der Waals surface area contributed by atoms with Crippen LogP contribution in [0.4, 0.5) is 10.1 Å². The highest BCUT2D eigenvalue weighted by molar-refractivity contribution is 7.92. The van der Waals surface area contributed by atoms with Gasteiger partial charge in [0.05, 0.1) is 22.4 Å². The van der Waals surface area contributed by atoms with E-state index >= 15 is 0 Å². The quantitative estimate of drug-likeness (QED) is 0.829. The van der Waals surface area contributed by atoms with Crippen molar-refractivity contribution in [3.63, 3.8) is 0 Å². The lowest BCUT2D eigenvalue weighted by Gasteiger charge is -2.11. The van der Waals surface area contributed by atoms with E-state index in [-0.39, 0.29) is 23.1 Å². The number of rotatable bonds is 6. The van der Waals surface area contributed by atoms with Crippen molar-refractivity contribution in [3.8, 4) is 5.69 Å². The van der Waals surface area contributed by atoms with Gasteiger partial charge in [-0.25, -0.2) is 17.5 Å². The van der Waals surface area contributed by atoms with Crippen LogP contribution in [0.2, 0.25) is 0 Å². The molecule has 1 aliphatic rings. The van der Waals surface area contributed by atoms with Crippen molar-refractivity contribution >= 4 is 21.4 Å². The number of carbonyl (C=O) groups is 1. The number of carbonyl (C=O) groups excluding carboxylic acids is 1. The number of nitrogens with one attached hydrogen (secondary N) is 1. The molecule has 1 N–H and O–H groups in total. The van der Waals surface area contributed by atoms with E-state index in [1.165, 1.54) is 29.2 Å². The Labute approximate surface area is 144 Å². The van der Waals surface area contributed by atoms with E-state index in [0.29, 0.717) is 18.5 Å². The van der Waals surface area contributed by atoms with Gasteiger partial charge >= 0.3 is 0 Å². The van der Waals surface area contributed by atoms with Gasteiger partial charge in [0.15, 0.2) is 9.84 Å². The van der Waals surface area contributed by atoms with Crippen molar-refractivity contribution < 1.29 is 17.6 Å². The van der Waals surface area contributed by atoms with Crippen molar-refractivity contribution in [1.29, 1.82) is 0 Å². The molecule has 0 aliphatic heterocycles. The minimum absolute atomic E-state index is 0.0451. The average molecular weight is 367 g/mol. The van der Waals surface area contributed by atoms with Gasteiger partial charge in [-0.05, 0) is 41.5 Å². The first-order chi connectivity index (χ1) is 12.0. The van der Waals surface area contributed by atoms with Gasteiger partial charge in [-0.3, -0.25) is 4.79 Å². The van der Waals surface area contributed by atoms with Crippen LogP contribution in [0, 0.1) is 5.82 Å². The van der Waals surface area contributed by atoms with Gasteiger partial charge in [0.25, 0.3) is 0 Å². The number of hydrogen-bond acceptors (Lipinski definition) is 6. The Kier molecular flexibility index (Phi) is 5.07. The van der Waals surface area contributed by atoms with Crippen LogP contribution in [0.1, 0.15) is 32.1 Å². The van der Waals surface area contributed by atoms with Gasteiger partial charge < -0.3 is 5.32 Å². The third-order valence-corrected chi connectivity index (χ3v) is 6.52. The summed E-state index contributed by atoms with van der Waals surface area (Å²) in [4.78, 5) is 12.0. The number of nitrogens with zero attached hydrogens (tertiary/aromatic N) is 4. The average Bonchev–Trinajstić information content (AvgIpc) is 3.29. The Balaban J connectivity index is 1.64. The number of amides is 1. The fourth-order valence-electron chi connectivity index (χ4n) is 2.89. The molecule has 1 heterocycles. The first-order valence-electron chi connectivity index (χ1n) is 8.00. The van der Waals surface area contributed by atoms with Gasteiger partial charge in [-0.1, -0.05) is 12.8 Å². The van der Waals surface area contributed by atoms with Crippen LogP contribution in [0.25, 0.3) is 5.69 Å². The molecule has 1 fully saturated rings. The van der Waals surface area contributed by atoms with Crippen LogP contribution in [-0.4, -0.2) is 45.5 Å². The molecule has 0 saturated heterocycles. The lowest BCUT2D eigenvalue weighted by atomic mass is 10.2. The second-order valence-corrected chi connectivity index (χ2v) is 8.39. The summed E-state index contributed by atoms with van der Waals surface area (Å²) in [5.74, 6) is -1.39. The smallest absolute Gasteiger partial charge is 0.225 e. The van der Waals surface area contributed by atoms with Gasteiger partial charge in [-0.2, -0.15) is 0 Å². The molecule has 1 aliphatic carbocycles. The first kappa shape index (κ1) is 17.5. The molecule has 0 radical (unpaired) electrons. The van der Waals surface area contributed by atoms with Gasteiger partial charge in [-0.15, -0.1) is 5.10 Å². The highest BCUT2D eigenvalue weighted by Crippen LogP contribution is 2.25. The molecule has 1 aromatic heterocycles. The van der Waals surface area contributed by atoms with Gasteiger partial charge in [0.1, 0.15) is 12.1 Å². The van der Waals surface area contributed by atoms with Crippen molar-refractivity contribution in [3.05, 3.63) is 30.3 Å². The fraction of sp³-hybridized carbons (Fsp3) is 0.467. The van der Waals surface area contributed by atoms with E-state index in [1.54, 1.807) is 0 Å². The predicted octanol–water partition coefficient (Wildman–Crippen LogP) is 1.49. The molecular weight excluding hydrogens is 349 g/mol. The number of benzene rings is 1. The number of hydrogen-bond donors (Lipinski definition) is 1. The minimum atomic E-state index is -3.29. The van der Waals surface area contributed by atoms with Gasteiger partial charge in [0.2, 0.25) is 5.91 Å². The van der Waals surface area contributed by atoms with Crippen molar-refractivity contribution in [2.24, 2.45) is 0 Å². The highest BCUT2D eigenvalue weighted by atomic mass is 32.2. The third-order valence-electron chi connectivity index (χ3n) is 4.26. The zero-order valence-electron chi connectivity index (χ0n) is 13.4. The van der Waals surface area contributed by atoms with E-state index < -0.39 is 21.6 Å². The maximum atomic E-state index is 13.9. The third kappa shape index (κ3) is 4.19. The molecule has 134 valence electrons. The molecule has 25 heavy (non-hydrogen) atoms. The second-order valence-electron chi connectivity index (χ2n) is 5.99. The second kappa shape index (κ2) is 7.26. The summed E-state index contributed by atoms with van der Waals surface area (Å²) < 4.78 is 39.6. The maximum Gasteiger partial charge on any atom is 0.225 e. The van der Waals surface area contributed by atoms with Crippen molar-refractivity contribution in [2.45, 2.75) is 37.4 Å². The van der Waals surface area contributed by atoms with Crippen LogP contribution in [0.3, 0.4) is 0 Å². The Morgan fingerprint density at radius 3 is 2.76 bits per heavy atom. The number of halogens is 1. The summed E-state index contributed by atoms with van der Waals surface area (Å²) in [6.07, 6.45) is 4.27. The van der Waals surface area contributed by atoms with Crippen LogP contribution in [0.15, 0.2) is 24.5 Å². The first-order valence-corrected chi connectivity index (χ1v) is 9.71. The molecule has 0 unspecified atom stereocenters. The Hall–Kier alpha value is -2.36. The van der Waals surface area contributed by atoms with E-state index in [9.17, 15) is 17.6 Å². The molecule has 1 amide bonds. The SMILES string of the molecule is O=C(CCS(=O)(=O)C1CCCC1)Nc1cc(-n2cnnn2)ccc1F. The van der Waals surface area contributed by atoms with E-state index in [4.69, 9.17) is 0 Å². The van der Waals surface area contributed by atoms with Crippen LogP contribution < -0.4 is 5.32 Å². The Bertz CT molecular complexity index is 848. The number of anilines is 1.